The lowest BCUT2D eigenvalue weighted by Gasteiger charge is -2.13. The normalized spacial score (nSPS) is 10.5. The molecule has 156 valence electrons. The predicted molar refractivity (Wildman–Crippen MR) is 122 cm³/mol. The summed E-state index contributed by atoms with van der Waals surface area (Å²) in [6, 6.07) is 28.4. The standard InChI is InChI=1S/C26H23NO4/c1-2-29-21-13-15-22(16-14-21)31-25-10-6-5-9-24(25)27-26(28)18-30-23-12-11-19-7-3-4-8-20(19)17-23/h3-17H,2,18H2,1H3,(H,27,28). The number of carbonyl (C=O) groups excluding carboxylic acids is 1. The smallest absolute Gasteiger partial charge is 0.262 e. The molecular weight excluding hydrogens is 390 g/mol. The molecule has 0 atom stereocenters. The van der Waals surface area contributed by atoms with Crippen molar-refractivity contribution in [1.82, 2.24) is 0 Å². The van der Waals surface area contributed by atoms with Crippen molar-refractivity contribution in [2.45, 2.75) is 6.92 Å². The summed E-state index contributed by atoms with van der Waals surface area (Å²) in [6.07, 6.45) is 0. The number of hydrogen-bond acceptors (Lipinski definition) is 4. The third-order valence-electron chi connectivity index (χ3n) is 4.61. The van der Waals surface area contributed by atoms with Crippen LogP contribution in [0.25, 0.3) is 10.8 Å². The van der Waals surface area contributed by atoms with E-state index in [9.17, 15) is 4.79 Å². The number of rotatable bonds is 8. The largest absolute Gasteiger partial charge is 0.494 e. The Kier molecular flexibility index (Phi) is 6.33. The second-order valence-corrected chi connectivity index (χ2v) is 6.85. The molecule has 31 heavy (non-hydrogen) atoms. The van der Waals surface area contributed by atoms with Gasteiger partial charge in [0.15, 0.2) is 12.4 Å². The molecule has 0 unspecified atom stereocenters. The van der Waals surface area contributed by atoms with Crippen molar-refractivity contribution in [3.05, 3.63) is 91.0 Å². The summed E-state index contributed by atoms with van der Waals surface area (Å²) in [7, 11) is 0. The van der Waals surface area contributed by atoms with Gasteiger partial charge in [-0.15, -0.1) is 0 Å². The Balaban J connectivity index is 1.38. The van der Waals surface area contributed by atoms with Gasteiger partial charge in [-0.05, 0) is 66.2 Å². The Bertz CT molecular complexity index is 1170. The number of para-hydroxylation sites is 2. The second-order valence-electron chi connectivity index (χ2n) is 6.85. The number of ether oxygens (including phenoxy) is 3. The molecule has 4 aromatic carbocycles. The zero-order valence-corrected chi connectivity index (χ0v) is 17.2. The Morgan fingerprint density at radius 3 is 2.23 bits per heavy atom. The molecule has 0 fully saturated rings. The van der Waals surface area contributed by atoms with E-state index < -0.39 is 0 Å². The van der Waals surface area contributed by atoms with Crippen LogP contribution in [0, 0.1) is 0 Å². The van der Waals surface area contributed by atoms with E-state index in [0.717, 1.165) is 16.5 Å². The van der Waals surface area contributed by atoms with Gasteiger partial charge in [-0.3, -0.25) is 4.79 Å². The molecule has 5 nitrogen and oxygen atoms in total. The lowest BCUT2D eigenvalue weighted by Crippen LogP contribution is -2.20. The lowest BCUT2D eigenvalue weighted by molar-refractivity contribution is -0.118. The van der Waals surface area contributed by atoms with Gasteiger partial charge in [0, 0.05) is 0 Å². The third-order valence-corrected chi connectivity index (χ3v) is 4.61. The number of nitrogens with one attached hydrogen (secondary N) is 1. The molecule has 0 saturated heterocycles. The summed E-state index contributed by atoms with van der Waals surface area (Å²) >= 11 is 0. The van der Waals surface area contributed by atoms with E-state index in [2.05, 4.69) is 5.32 Å². The van der Waals surface area contributed by atoms with E-state index in [0.29, 0.717) is 29.5 Å². The number of benzene rings is 4. The highest BCUT2D eigenvalue weighted by atomic mass is 16.5. The average molecular weight is 413 g/mol. The summed E-state index contributed by atoms with van der Waals surface area (Å²) in [5, 5.41) is 5.05. The molecule has 0 radical (unpaired) electrons. The molecule has 4 aromatic rings. The van der Waals surface area contributed by atoms with Gasteiger partial charge >= 0.3 is 0 Å². The van der Waals surface area contributed by atoms with Crippen LogP contribution in [0.15, 0.2) is 91.0 Å². The van der Waals surface area contributed by atoms with E-state index in [-0.39, 0.29) is 12.5 Å². The van der Waals surface area contributed by atoms with Crippen molar-refractivity contribution < 1.29 is 19.0 Å². The van der Waals surface area contributed by atoms with E-state index in [4.69, 9.17) is 14.2 Å². The first-order chi connectivity index (χ1) is 15.2. The fraction of sp³-hybridized carbons (Fsp3) is 0.115. The SMILES string of the molecule is CCOc1ccc(Oc2ccccc2NC(=O)COc2ccc3ccccc3c2)cc1. The van der Waals surface area contributed by atoms with E-state index in [1.165, 1.54) is 0 Å². The Morgan fingerprint density at radius 1 is 0.742 bits per heavy atom. The molecule has 0 spiro atoms. The van der Waals surface area contributed by atoms with Crippen molar-refractivity contribution in [1.29, 1.82) is 0 Å². The van der Waals surface area contributed by atoms with Crippen molar-refractivity contribution in [3.63, 3.8) is 0 Å². The average Bonchev–Trinajstić information content (AvgIpc) is 2.80. The van der Waals surface area contributed by atoms with Crippen LogP contribution in [-0.4, -0.2) is 19.1 Å². The Hall–Kier alpha value is -3.99. The minimum atomic E-state index is -0.268. The zero-order chi connectivity index (χ0) is 21.5. The highest BCUT2D eigenvalue weighted by Gasteiger charge is 2.10. The third kappa shape index (κ3) is 5.34. The maximum atomic E-state index is 12.5. The molecule has 0 bridgehead atoms. The number of fused-ring (bicyclic) bond motifs is 1. The minimum Gasteiger partial charge on any atom is -0.494 e. The highest BCUT2D eigenvalue weighted by molar-refractivity contribution is 5.93. The van der Waals surface area contributed by atoms with Crippen LogP contribution in [0.2, 0.25) is 0 Å². The van der Waals surface area contributed by atoms with Crippen LogP contribution in [0.1, 0.15) is 6.92 Å². The molecule has 0 aliphatic rings. The summed E-state index contributed by atoms with van der Waals surface area (Å²) in [4.78, 5) is 12.5. The van der Waals surface area contributed by atoms with Gasteiger partial charge in [-0.2, -0.15) is 0 Å². The van der Waals surface area contributed by atoms with Crippen LogP contribution in [0.5, 0.6) is 23.0 Å². The van der Waals surface area contributed by atoms with Crippen LogP contribution < -0.4 is 19.5 Å². The predicted octanol–water partition coefficient (Wildman–Crippen LogP) is 6.05. The number of hydrogen-bond donors (Lipinski definition) is 1. The van der Waals surface area contributed by atoms with Crippen molar-refractivity contribution >= 4 is 22.4 Å². The molecule has 0 aliphatic heterocycles. The van der Waals surface area contributed by atoms with Crippen LogP contribution in [-0.2, 0) is 4.79 Å². The zero-order valence-electron chi connectivity index (χ0n) is 17.2. The van der Waals surface area contributed by atoms with Crippen molar-refractivity contribution in [2.24, 2.45) is 0 Å². The van der Waals surface area contributed by atoms with Gasteiger partial charge in [0.2, 0.25) is 0 Å². The number of amides is 1. The fourth-order valence-electron chi connectivity index (χ4n) is 3.15. The van der Waals surface area contributed by atoms with Gasteiger partial charge in [0.1, 0.15) is 17.2 Å². The first-order valence-corrected chi connectivity index (χ1v) is 10.1. The van der Waals surface area contributed by atoms with E-state index >= 15 is 0 Å². The van der Waals surface area contributed by atoms with Gasteiger partial charge in [-0.1, -0.05) is 42.5 Å². The monoisotopic (exact) mass is 413 g/mol. The van der Waals surface area contributed by atoms with Crippen LogP contribution in [0.3, 0.4) is 0 Å². The molecule has 0 aliphatic carbocycles. The van der Waals surface area contributed by atoms with Gasteiger partial charge in [0.05, 0.1) is 12.3 Å². The first kappa shape index (κ1) is 20.3. The summed E-state index contributed by atoms with van der Waals surface area (Å²) in [5.41, 5.74) is 0.573. The highest BCUT2D eigenvalue weighted by Crippen LogP contribution is 2.30. The number of anilines is 1. The topological polar surface area (TPSA) is 56.8 Å². The molecule has 0 saturated carbocycles. The van der Waals surface area contributed by atoms with E-state index in [1.54, 1.807) is 12.1 Å². The summed E-state index contributed by atoms with van der Waals surface area (Å²) < 4.78 is 17.1. The quantitative estimate of drug-likeness (QED) is 0.382. The maximum Gasteiger partial charge on any atom is 0.262 e. The van der Waals surface area contributed by atoms with Gasteiger partial charge in [0.25, 0.3) is 5.91 Å². The molecule has 0 aromatic heterocycles. The maximum absolute atomic E-state index is 12.5. The van der Waals surface area contributed by atoms with Crippen molar-refractivity contribution in [2.75, 3.05) is 18.5 Å². The summed E-state index contributed by atoms with van der Waals surface area (Å²) in [6.45, 7) is 2.44. The molecular formula is C26H23NO4. The molecule has 1 amide bonds. The minimum absolute atomic E-state index is 0.101. The lowest BCUT2D eigenvalue weighted by atomic mass is 10.1. The molecule has 1 N–H and O–H groups in total. The second kappa shape index (κ2) is 9.67. The Morgan fingerprint density at radius 2 is 1.42 bits per heavy atom. The fourth-order valence-corrected chi connectivity index (χ4v) is 3.15. The van der Waals surface area contributed by atoms with E-state index in [1.807, 2.05) is 85.8 Å². The molecule has 5 heteroatoms. The van der Waals surface area contributed by atoms with Gasteiger partial charge in [-0.25, -0.2) is 0 Å². The van der Waals surface area contributed by atoms with Crippen molar-refractivity contribution in [3.8, 4) is 23.0 Å². The first-order valence-electron chi connectivity index (χ1n) is 10.1. The Labute approximate surface area is 181 Å². The molecule has 4 rings (SSSR count). The molecule has 0 heterocycles. The van der Waals surface area contributed by atoms with Crippen LogP contribution in [0.4, 0.5) is 5.69 Å². The number of carbonyl (C=O) groups is 1. The summed E-state index contributed by atoms with van der Waals surface area (Å²) in [5.74, 6) is 2.36. The van der Waals surface area contributed by atoms with Crippen LogP contribution >= 0.6 is 0 Å². The van der Waals surface area contributed by atoms with Gasteiger partial charge < -0.3 is 19.5 Å².